The van der Waals surface area contributed by atoms with Gasteiger partial charge >= 0.3 is 29.6 Å². The van der Waals surface area contributed by atoms with Crippen LogP contribution >= 0.6 is 0 Å². The predicted octanol–water partition coefficient (Wildman–Crippen LogP) is 1.31. The summed E-state index contributed by atoms with van der Waals surface area (Å²) in [5.74, 6) is 0. The Balaban J connectivity index is 0. The SMILES string of the molecule is CCC(C)(C)[CH]O.[NaH]. The molecule has 0 saturated carbocycles. The van der Waals surface area contributed by atoms with Gasteiger partial charge in [-0.1, -0.05) is 20.8 Å². The van der Waals surface area contributed by atoms with Crippen LogP contribution in [0.1, 0.15) is 27.2 Å². The molecule has 0 aromatic carbocycles. The van der Waals surface area contributed by atoms with Gasteiger partial charge in [-0.15, -0.1) is 0 Å². The van der Waals surface area contributed by atoms with Crippen LogP contribution in [-0.4, -0.2) is 34.7 Å². The van der Waals surface area contributed by atoms with Crippen LogP contribution in [0, 0.1) is 12.0 Å². The van der Waals surface area contributed by atoms with Gasteiger partial charge in [0.05, 0.1) is 6.61 Å². The number of hydrogen-bond acceptors (Lipinski definition) is 1. The van der Waals surface area contributed by atoms with Crippen molar-refractivity contribution in [3.8, 4) is 0 Å². The summed E-state index contributed by atoms with van der Waals surface area (Å²) in [6.07, 6.45) is 0.990. The van der Waals surface area contributed by atoms with Gasteiger partial charge in [-0.3, -0.25) is 0 Å². The van der Waals surface area contributed by atoms with Crippen molar-refractivity contribution in [1.82, 2.24) is 0 Å². The second-order valence-electron chi connectivity index (χ2n) is 2.47. The summed E-state index contributed by atoms with van der Waals surface area (Å²) in [6, 6.07) is 0. The first-order chi connectivity index (χ1) is 3.12. The second kappa shape index (κ2) is 4.80. The zero-order valence-corrected chi connectivity index (χ0v) is 5.23. The molecule has 0 aliphatic carbocycles. The number of aliphatic hydroxyl groups excluding tert-OH is 1. The molecule has 1 nitrogen and oxygen atoms in total. The quantitative estimate of drug-likeness (QED) is 0.552. The van der Waals surface area contributed by atoms with Gasteiger partial charge in [0.25, 0.3) is 0 Å². The first-order valence-corrected chi connectivity index (χ1v) is 2.61. The van der Waals surface area contributed by atoms with Gasteiger partial charge in [0, 0.05) is 0 Å². The van der Waals surface area contributed by atoms with Crippen LogP contribution in [0.25, 0.3) is 0 Å². The molecule has 0 aromatic heterocycles. The Hall–Kier alpha value is 0.960. The Bertz CT molecular complexity index is 46.5. The molecule has 0 aromatic rings. The zero-order chi connectivity index (χ0) is 5.91. The molecule has 8 heavy (non-hydrogen) atoms. The van der Waals surface area contributed by atoms with Gasteiger partial charge in [0.1, 0.15) is 0 Å². The molecule has 1 N–H and O–H groups in total. The molecule has 0 saturated heterocycles. The Morgan fingerprint density at radius 1 is 1.50 bits per heavy atom. The van der Waals surface area contributed by atoms with Gasteiger partial charge in [-0.25, -0.2) is 0 Å². The Labute approximate surface area is 73.8 Å². The van der Waals surface area contributed by atoms with Crippen LogP contribution in [0.3, 0.4) is 0 Å². The number of aliphatic hydroxyl groups is 1. The summed E-state index contributed by atoms with van der Waals surface area (Å²) < 4.78 is 0. The maximum absolute atomic E-state index is 8.47. The summed E-state index contributed by atoms with van der Waals surface area (Å²) in [7, 11) is 0. The van der Waals surface area contributed by atoms with E-state index in [1.165, 1.54) is 6.61 Å². The molecule has 0 bridgehead atoms. The second-order valence-corrected chi connectivity index (χ2v) is 2.47. The Morgan fingerprint density at radius 3 is 1.88 bits per heavy atom. The fourth-order valence-corrected chi connectivity index (χ4v) is 0.0913. The summed E-state index contributed by atoms with van der Waals surface area (Å²) in [4.78, 5) is 0. The van der Waals surface area contributed by atoms with Gasteiger partial charge in [-0.2, -0.15) is 0 Å². The van der Waals surface area contributed by atoms with Crippen molar-refractivity contribution in [2.75, 3.05) is 0 Å². The van der Waals surface area contributed by atoms with E-state index in [4.69, 9.17) is 5.11 Å². The molecule has 0 aliphatic heterocycles. The first kappa shape index (κ1) is 11.7. The van der Waals surface area contributed by atoms with Crippen molar-refractivity contribution in [3.63, 3.8) is 0 Å². The summed E-state index contributed by atoms with van der Waals surface area (Å²) in [6.45, 7) is 7.28. The van der Waals surface area contributed by atoms with Crippen LogP contribution in [0.4, 0.5) is 0 Å². The third-order valence-corrected chi connectivity index (χ3v) is 1.26. The summed E-state index contributed by atoms with van der Waals surface area (Å²) >= 11 is 0. The molecule has 0 amide bonds. The van der Waals surface area contributed by atoms with Crippen LogP contribution in [0.5, 0.6) is 0 Å². The van der Waals surface area contributed by atoms with E-state index in [-0.39, 0.29) is 35.0 Å². The average molecular weight is 125 g/mol. The third kappa shape index (κ3) is 5.10. The molecular formula is C6H14NaO. The van der Waals surface area contributed by atoms with E-state index in [0.29, 0.717) is 0 Å². The number of rotatable bonds is 2. The number of hydrogen-bond donors (Lipinski definition) is 1. The van der Waals surface area contributed by atoms with E-state index in [2.05, 4.69) is 0 Å². The van der Waals surface area contributed by atoms with E-state index in [9.17, 15) is 0 Å². The molecule has 0 heterocycles. The molecule has 0 aliphatic rings. The van der Waals surface area contributed by atoms with Crippen LogP contribution in [-0.2, 0) is 0 Å². The van der Waals surface area contributed by atoms with Gasteiger partial charge in [0.15, 0.2) is 0 Å². The molecule has 0 atom stereocenters. The van der Waals surface area contributed by atoms with Gasteiger partial charge < -0.3 is 5.11 Å². The van der Waals surface area contributed by atoms with Crippen LogP contribution < -0.4 is 0 Å². The molecule has 0 unspecified atom stereocenters. The van der Waals surface area contributed by atoms with E-state index < -0.39 is 0 Å². The molecular weight excluding hydrogens is 111 g/mol. The van der Waals surface area contributed by atoms with Gasteiger partial charge in [-0.05, 0) is 11.8 Å². The van der Waals surface area contributed by atoms with Crippen LogP contribution in [0.2, 0.25) is 0 Å². The van der Waals surface area contributed by atoms with Crippen molar-refractivity contribution in [2.24, 2.45) is 5.41 Å². The fraction of sp³-hybridized carbons (Fsp3) is 0.833. The van der Waals surface area contributed by atoms with Crippen molar-refractivity contribution in [1.29, 1.82) is 0 Å². The molecule has 0 fully saturated rings. The first-order valence-electron chi connectivity index (χ1n) is 2.61. The summed E-state index contributed by atoms with van der Waals surface area (Å²) in [5, 5.41) is 8.47. The molecule has 1 radical (unpaired) electrons. The maximum atomic E-state index is 8.47. The minimum absolute atomic E-state index is 0. The molecule has 2 heteroatoms. The minimum atomic E-state index is 0. The van der Waals surface area contributed by atoms with Crippen molar-refractivity contribution >= 4 is 29.6 Å². The predicted molar refractivity (Wildman–Crippen MR) is 37.5 cm³/mol. The van der Waals surface area contributed by atoms with Crippen molar-refractivity contribution in [3.05, 3.63) is 6.61 Å². The fourth-order valence-electron chi connectivity index (χ4n) is 0.0913. The topological polar surface area (TPSA) is 20.2 Å². The molecule has 0 spiro atoms. The van der Waals surface area contributed by atoms with E-state index in [1.54, 1.807) is 0 Å². The standard InChI is InChI=1S/C6H13O.Na.H/c1-4-6(2,3)5-7;;/h5,7H,4H2,1-3H3;;. The Kier molecular flexibility index (Phi) is 7.04. The Morgan fingerprint density at radius 2 is 1.88 bits per heavy atom. The summed E-state index contributed by atoms with van der Waals surface area (Å²) in [5.41, 5.74) is 0.0139. The molecule has 0 rings (SSSR count). The van der Waals surface area contributed by atoms with Crippen molar-refractivity contribution in [2.45, 2.75) is 27.2 Å². The van der Waals surface area contributed by atoms with Crippen molar-refractivity contribution < 1.29 is 5.11 Å². The van der Waals surface area contributed by atoms with Crippen LogP contribution in [0.15, 0.2) is 0 Å². The molecule has 45 valence electrons. The van der Waals surface area contributed by atoms with E-state index in [1.807, 2.05) is 20.8 Å². The monoisotopic (exact) mass is 125 g/mol. The third-order valence-electron chi connectivity index (χ3n) is 1.26. The normalized spacial score (nSPS) is 10.5. The van der Waals surface area contributed by atoms with E-state index in [0.717, 1.165) is 6.42 Å². The van der Waals surface area contributed by atoms with E-state index >= 15 is 0 Å². The average Bonchev–Trinajstić information content (AvgIpc) is 1.68. The van der Waals surface area contributed by atoms with Gasteiger partial charge in [0.2, 0.25) is 0 Å². The zero-order valence-electron chi connectivity index (χ0n) is 5.23.